The van der Waals surface area contributed by atoms with Crippen LogP contribution in [0.25, 0.3) is 0 Å². The highest BCUT2D eigenvalue weighted by Crippen LogP contribution is 2.53. The molecule has 0 aliphatic heterocycles. The molecule has 3 fully saturated rings. The minimum absolute atomic E-state index is 0.493. The maximum atomic E-state index is 11.3. The lowest BCUT2D eigenvalue weighted by molar-refractivity contribution is -0.135. The van der Waals surface area contributed by atoms with Crippen LogP contribution in [0.2, 0.25) is 0 Å². The van der Waals surface area contributed by atoms with Crippen LogP contribution < -0.4 is 0 Å². The van der Waals surface area contributed by atoms with Gasteiger partial charge in [-0.1, -0.05) is 32.6 Å². The van der Waals surface area contributed by atoms with Crippen LogP contribution in [-0.2, 0) is 4.79 Å². The third-order valence-electron chi connectivity index (χ3n) is 6.49. The molecule has 19 heavy (non-hydrogen) atoms. The molecule has 1 spiro atoms. The van der Waals surface area contributed by atoms with E-state index in [1.807, 2.05) is 0 Å². The number of carbonyl (C=O) groups excluding carboxylic acids is 1. The van der Waals surface area contributed by atoms with Gasteiger partial charge in [0.15, 0.2) is 0 Å². The smallest absolute Gasteiger partial charge is 0.134 e. The average molecular weight is 262 g/mol. The standard InChI is InChI=1S/C18H30O/c1-2-3-14-4-6-15(7-5-14)16-8-10-18(11-9-16)12-17(19)13-18/h14-16H,2-13H2,1H3. The van der Waals surface area contributed by atoms with Crippen LogP contribution in [0, 0.1) is 23.2 Å². The van der Waals surface area contributed by atoms with E-state index in [0.29, 0.717) is 11.2 Å². The second-order valence-corrected chi connectivity index (χ2v) is 7.80. The Kier molecular flexibility index (Phi) is 4.01. The van der Waals surface area contributed by atoms with E-state index in [1.165, 1.54) is 64.2 Å². The molecule has 0 aromatic heterocycles. The summed E-state index contributed by atoms with van der Waals surface area (Å²) in [6.45, 7) is 2.33. The topological polar surface area (TPSA) is 17.1 Å². The second-order valence-electron chi connectivity index (χ2n) is 7.80. The summed E-state index contributed by atoms with van der Waals surface area (Å²) in [6.07, 6.45) is 16.2. The normalized spacial score (nSPS) is 35.3. The average Bonchev–Trinajstić information content (AvgIpc) is 2.40. The molecule has 0 aromatic rings. The molecule has 0 N–H and O–H groups in total. The number of carbonyl (C=O) groups is 1. The zero-order chi connectivity index (χ0) is 13.3. The molecule has 0 unspecified atom stereocenters. The molecule has 3 aliphatic carbocycles. The molecule has 0 bridgehead atoms. The minimum Gasteiger partial charge on any atom is -0.300 e. The van der Waals surface area contributed by atoms with E-state index < -0.39 is 0 Å². The molecule has 108 valence electrons. The van der Waals surface area contributed by atoms with Crippen molar-refractivity contribution in [3.05, 3.63) is 0 Å². The molecule has 0 aromatic carbocycles. The Morgan fingerprint density at radius 3 is 2.05 bits per heavy atom. The summed E-state index contributed by atoms with van der Waals surface area (Å²) in [5.74, 6) is 3.60. The first kappa shape index (κ1) is 13.6. The van der Waals surface area contributed by atoms with E-state index in [-0.39, 0.29) is 0 Å². The summed E-state index contributed by atoms with van der Waals surface area (Å²) in [5, 5.41) is 0. The largest absolute Gasteiger partial charge is 0.300 e. The molecule has 0 atom stereocenters. The molecule has 1 nitrogen and oxygen atoms in total. The third-order valence-corrected chi connectivity index (χ3v) is 6.49. The van der Waals surface area contributed by atoms with Gasteiger partial charge < -0.3 is 0 Å². The Bertz CT molecular complexity index is 307. The second kappa shape index (κ2) is 5.58. The van der Waals surface area contributed by atoms with Crippen LogP contribution in [0.15, 0.2) is 0 Å². The number of hydrogen-bond acceptors (Lipinski definition) is 1. The first-order valence-electron chi connectivity index (χ1n) is 8.72. The van der Waals surface area contributed by atoms with Crippen LogP contribution in [-0.4, -0.2) is 5.78 Å². The minimum atomic E-state index is 0.493. The van der Waals surface area contributed by atoms with E-state index in [2.05, 4.69) is 6.92 Å². The quantitative estimate of drug-likeness (QED) is 0.689. The van der Waals surface area contributed by atoms with Crippen LogP contribution in [0.3, 0.4) is 0 Å². The van der Waals surface area contributed by atoms with Gasteiger partial charge in [0.25, 0.3) is 0 Å². The highest BCUT2D eigenvalue weighted by atomic mass is 16.1. The van der Waals surface area contributed by atoms with Crippen molar-refractivity contribution < 1.29 is 4.79 Å². The fourth-order valence-corrected chi connectivity index (χ4v) is 5.22. The van der Waals surface area contributed by atoms with Crippen molar-refractivity contribution in [3.8, 4) is 0 Å². The van der Waals surface area contributed by atoms with Crippen molar-refractivity contribution in [2.45, 2.75) is 84.0 Å². The van der Waals surface area contributed by atoms with Crippen molar-refractivity contribution in [2.75, 3.05) is 0 Å². The molecule has 3 rings (SSSR count). The predicted octanol–water partition coefficient (Wildman–Crippen LogP) is 5.13. The van der Waals surface area contributed by atoms with Gasteiger partial charge in [-0.15, -0.1) is 0 Å². The zero-order valence-corrected chi connectivity index (χ0v) is 12.6. The van der Waals surface area contributed by atoms with Crippen LogP contribution in [0.5, 0.6) is 0 Å². The Hall–Kier alpha value is -0.330. The van der Waals surface area contributed by atoms with Crippen LogP contribution >= 0.6 is 0 Å². The lowest BCUT2D eigenvalue weighted by atomic mass is 9.56. The fourth-order valence-electron chi connectivity index (χ4n) is 5.22. The lowest BCUT2D eigenvalue weighted by Crippen LogP contribution is -2.41. The van der Waals surface area contributed by atoms with E-state index in [9.17, 15) is 4.79 Å². The molecular weight excluding hydrogens is 232 g/mol. The van der Waals surface area contributed by atoms with Gasteiger partial charge in [-0.2, -0.15) is 0 Å². The SMILES string of the molecule is CCCC1CCC(C2CCC3(CC2)CC(=O)C3)CC1. The monoisotopic (exact) mass is 262 g/mol. The van der Waals surface area contributed by atoms with Crippen molar-refractivity contribution in [1.29, 1.82) is 0 Å². The highest BCUT2D eigenvalue weighted by molar-refractivity contribution is 5.86. The predicted molar refractivity (Wildman–Crippen MR) is 79.0 cm³/mol. The van der Waals surface area contributed by atoms with E-state index in [1.54, 1.807) is 0 Å². The molecule has 0 amide bonds. The molecular formula is C18H30O. The first-order valence-corrected chi connectivity index (χ1v) is 8.72. The summed E-state index contributed by atoms with van der Waals surface area (Å²) in [5.41, 5.74) is 0.493. The summed E-state index contributed by atoms with van der Waals surface area (Å²) in [4.78, 5) is 11.3. The van der Waals surface area contributed by atoms with Gasteiger partial charge in [0.2, 0.25) is 0 Å². The van der Waals surface area contributed by atoms with Gasteiger partial charge >= 0.3 is 0 Å². The Morgan fingerprint density at radius 1 is 0.947 bits per heavy atom. The van der Waals surface area contributed by atoms with Crippen molar-refractivity contribution >= 4 is 5.78 Å². The number of ketones is 1. The van der Waals surface area contributed by atoms with Gasteiger partial charge in [0.05, 0.1) is 0 Å². The van der Waals surface area contributed by atoms with Gasteiger partial charge in [0, 0.05) is 12.8 Å². The molecule has 0 radical (unpaired) electrons. The molecule has 0 heterocycles. The number of Topliss-reactive ketones (excluding diaryl/α,β-unsaturated/α-hetero) is 1. The Labute approximate surface area is 118 Å². The maximum absolute atomic E-state index is 11.3. The van der Waals surface area contributed by atoms with E-state index in [4.69, 9.17) is 0 Å². The van der Waals surface area contributed by atoms with Gasteiger partial charge in [-0.05, 0) is 61.7 Å². The first-order chi connectivity index (χ1) is 9.21. The third kappa shape index (κ3) is 2.90. The summed E-state index contributed by atoms with van der Waals surface area (Å²) in [6, 6.07) is 0. The van der Waals surface area contributed by atoms with Crippen molar-refractivity contribution in [1.82, 2.24) is 0 Å². The van der Waals surface area contributed by atoms with Gasteiger partial charge in [0.1, 0.15) is 5.78 Å². The number of hydrogen-bond donors (Lipinski definition) is 0. The fraction of sp³-hybridized carbons (Fsp3) is 0.944. The molecule has 3 saturated carbocycles. The maximum Gasteiger partial charge on any atom is 0.134 e. The van der Waals surface area contributed by atoms with Crippen molar-refractivity contribution in [2.24, 2.45) is 23.2 Å². The van der Waals surface area contributed by atoms with Crippen molar-refractivity contribution in [3.63, 3.8) is 0 Å². The van der Waals surface area contributed by atoms with Crippen LogP contribution in [0.4, 0.5) is 0 Å². The van der Waals surface area contributed by atoms with E-state index >= 15 is 0 Å². The lowest BCUT2D eigenvalue weighted by Gasteiger charge is -2.47. The summed E-state index contributed by atoms with van der Waals surface area (Å²) < 4.78 is 0. The van der Waals surface area contributed by atoms with E-state index in [0.717, 1.165) is 30.6 Å². The number of rotatable bonds is 3. The zero-order valence-electron chi connectivity index (χ0n) is 12.6. The Morgan fingerprint density at radius 2 is 1.53 bits per heavy atom. The summed E-state index contributed by atoms with van der Waals surface area (Å²) in [7, 11) is 0. The Balaban J connectivity index is 1.44. The summed E-state index contributed by atoms with van der Waals surface area (Å²) >= 11 is 0. The highest BCUT2D eigenvalue weighted by Gasteiger charge is 2.46. The van der Waals surface area contributed by atoms with Gasteiger partial charge in [-0.25, -0.2) is 0 Å². The van der Waals surface area contributed by atoms with Gasteiger partial charge in [-0.3, -0.25) is 4.79 Å². The molecule has 0 saturated heterocycles. The van der Waals surface area contributed by atoms with Crippen LogP contribution in [0.1, 0.15) is 84.0 Å². The molecule has 1 heteroatoms. The molecule has 3 aliphatic rings.